The lowest BCUT2D eigenvalue weighted by molar-refractivity contribution is -0.301. The molecule has 3 rings (SSSR count). The molecule has 19 heteroatoms. The van der Waals surface area contributed by atoms with Crippen molar-refractivity contribution in [1.82, 2.24) is 4.98 Å². The minimum atomic E-state index is -4.89. The van der Waals surface area contributed by atoms with Crippen LogP contribution in [0.15, 0.2) is 0 Å². The lowest BCUT2D eigenvalue weighted by Gasteiger charge is -2.39. The first-order chi connectivity index (χ1) is 21.7. The number of pyridine rings is 1. The van der Waals surface area contributed by atoms with Crippen molar-refractivity contribution in [1.29, 1.82) is 0 Å². The molecule has 2 fully saturated rings. The number of hydrogen-bond donors (Lipinski definition) is 9. The van der Waals surface area contributed by atoms with Crippen molar-refractivity contribution in [3.8, 4) is 5.75 Å². The monoisotopic (exact) mass is 677 g/mol. The predicted octanol–water partition coefficient (Wildman–Crippen LogP) is -2.44. The highest BCUT2D eigenvalue weighted by Gasteiger charge is 2.45. The first-order valence-corrected chi connectivity index (χ1v) is 14.5. The number of rotatable bonds is 16. The van der Waals surface area contributed by atoms with Gasteiger partial charge in [0.05, 0.1) is 45.3 Å². The van der Waals surface area contributed by atoms with Gasteiger partial charge in [0, 0.05) is 24.3 Å². The van der Waals surface area contributed by atoms with Crippen molar-refractivity contribution in [2.45, 2.75) is 101 Å². The third kappa shape index (κ3) is 9.63. The van der Waals surface area contributed by atoms with Gasteiger partial charge in [-0.1, -0.05) is 0 Å². The first-order valence-electron chi connectivity index (χ1n) is 14.5. The van der Waals surface area contributed by atoms with Crippen LogP contribution in [0.1, 0.15) is 35.4 Å². The first kappa shape index (κ1) is 38.6. The Balaban J connectivity index is 1.52. The molecule has 16 nitrogen and oxygen atoms in total. The van der Waals surface area contributed by atoms with E-state index in [0.29, 0.717) is 0 Å². The fraction of sp³-hybridized carbons (Fsp3) is 0.815. The van der Waals surface area contributed by atoms with Crippen LogP contribution in [0.5, 0.6) is 5.75 Å². The van der Waals surface area contributed by atoms with Crippen LogP contribution >= 0.6 is 0 Å². The lowest BCUT2D eigenvalue weighted by Crippen LogP contribution is -2.59. The average Bonchev–Trinajstić information content (AvgIpc) is 3.02. The molecule has 266 valence electrons. The Morgan fingerprint density at radius 2 is 1.11 bits per heavy atom. The number of alkyl halides is 3. The molecular formula is C27H42F3NO15. The molecule has 46 heavy (non-hydrogen) atoms. The highest BCUT2D eigenvalue weighted by atomic mass is 19.4. The number of hydrogen-bond acceptors (Lipinski definition) is 16. The Kier molecular flexibility index (Phi) is 14.7. The van der Waals surface area contributed by atoms with E-state index in [0.717, 1.165) is 0 Å². The molecule has 0 spiro atoms. The van der Waals surface area contributed by atoms with Gasteiger partial charge in [-0.3, -0.25) is 0 Å². The molecule has 0 aromatic carbocycles. The summed E-state index contributed by atoms with van der Waals surface area (Å²) < 4.78 is 73.7. The van der Waals surface area contributed by atoms with Gasteiger partial charge in [0.1, 0.15) is 54.6 Å². The second-order valence-electron chi connectivity index (χ2n) is 10.8. The molecule has 0 bridgehead atoms. The smallest absolute Gasteiger partial charge is 0.433 e. The summed E-state index contributed by atoms with van der Waals surface area (Å²) >= 11 is 0. The minimum Gasteiger partial charge on any atom is -0.506 e. The summed E-state index contributed by atoms with van der Waals surface area (Å²) in [7, 11) is 0. The summed E-state index contributed by atoms with van der Waals surface area (Å²) in [6.07, 6.45) is -19.3. The maximum absolute atomic E-state index is 13.9. The van der Waals surface area contributed by atoms with E-state index >= 15 is 0 Å². The maximum atomic E-state index is 13.9. The molecule has 1 aromatic heterocycles. The molecule has 9 N–H and O–H groups in total. The largest absolute Gasteiger partial charge is 0.506 e. The van der Waals surface area contributed by atoms with Gasteiger partial charge in [-0.2, -0.15) is 13.2 Å². The van der Waals surface area contributed by atoms with Crippen molar-refractivity contribution >= 4 is 0 Å². The summed E-state index contributed by atoms with van der Waals surface area (Å²) in [5.74, 6) is -0.518. The van der Waals surface area contributed by atoms with Gasteiger partial charge in [-0.05, 0) is 19.8 Å². The van der Waals surface area contributed by atoms with Gasteiger partial charge in [0.25, 0.3) is 0 Å². The minimum absolute atomic E-state index is 0.0742. The number of aryl methyl sites for hydroxylation is 1. The van der Waals surface area contributed by atoms with E-state index in [-0.39, 0.29) is 50.5 Å². The zero-order valence-electron chi connectivity index (χ0n) is 24.9. The van der Waals surface area contributed by atoms with Crippen LogP contribution in [0.3, 0.4) is 0 Å². The van der Waals surface area contributed by atoms with Gasteiger partial charge in [-0.15, -0.1) is 0 Å². The van der Waals surface area contributed by atoms with Crippen molar-refractivity contribution in [2.24, 2.45) is 0 Å². The highest BCUT2D eigenvalue weighted by molar-refractivity contribution is 5.44. The van der Waals surface area contributed by atoms with Gasteiger partial charge >= 0.3 is 6.18 Å². The van der Waals surface area contributed by atoms with Crippen LogP contribution in [0.4, 0.5) is 13.2 Å². The standard InChI is InChI=1S/C27H42F3NO15/c1-12-17(34)13(10-41-4-2-6-43-25-22(39)20(37)18(35)15(8-32)45-25)14(24(31-12)27(28,29)30)11-42-5-3-7-44-26-23(40)21(38)19(36)16(9-33)46-26/h15-16,18-23,25-26,32-40H,2-11H2,1H3/t15-,16-,18-,19-,20+,21+,22-,23-,25-,26-/m1/s1. The van der Waals surface area contributed by atoms with Gasteiger partial charge in [0.2, 0.25) is 0 Å². The van der Waals surface area contributed by atoms with Crippen LogP contribution < -0.4 is 0 Å². The summed E-state index contributed by atoms with van der Waals surface area (Å²) in [4.78, 5) is 3.50. The van der Waals surface area contributed by atoms with E-state index in [1.54, 1.807) is 0 Å². The Bertz CT molecular complexity index is 1080. The number of halogens is 3. The molecule has 10 atom stereocenters. The zero-order chi connectivity index (χ0) is 34.2. The average molecular weight is 678 g/mol. The quantitative estimate of drug-likeness (QED) is 0.0825. The highest BCUT2D eigenvalue weighted by Crippen LogP contribution is 2.37. The summed E-state index contributed by atoms with van der Waals surface area (Å²) in [6.45, 7) is -1.60. The normalized spacial score (nSPS) is 32.2. The Hall–Kier alpha value is -1.82. The van der Waals surface area contributed by atoms with Crippen molar-refractivity contribution in [3.63, 3.8) is 0 Å². The second-order valence-corrected chi connectivity index (χ2v) is 10.8. The molecule has 2 aliphatic rings. The molecular weight excluding hydrogens is 635 g/mol. The summed E-state index contributed by atoms with van der Waals surface area (Å²) in [5.41, 5.74) is -2.21. The van der Waals surface area contributed by atoms with E-state index in [1.807, 2.05) is 0 Å². The maximum Gasteiger partial charge on any atom is 0.433 e. The molecule has 2 saturated heterocycles. The predicted molar refractivity (Wildman–Crippen MR) is 144 cm³/mol. The van der Waals surface area contributed by atoms with Crippen LogP contribution in [0, 0.1) is 6.92 Å². The van der Waals surface area contributed by atoms with E-state index in [1.165, 1.54) is 6.92 Å². The fourth-order valence-corrected chi connectivity index (χ4v) is 4.82. The van der Waals surface area contributed by atoms with Crippen LogP contribution in [0.25, 0.3) is 0 Å². The molecule has 0 amide bonds. The van der Waals surface area contributed by atoms with Gasteiger partial charge in [-0.25, -0.2) is 4.98 Å². The molecule has 0 saturated carbocycles. The Labute approximate surface area is 261 Å². The topological polar surface area (TPSA) is 250 Å². The zero-order valence-corrected chi connectivity index (χ0v) is 24.9. The van der Waals surface area contributed by atoms with Crippen molar-refractivity contribution in [2.75, 3.05) is 39.6 Å². The number of aromatic nitrogens is 1. The lowest BCUT2D eigenvalue weighted by atomic mass is 9.99. The molecule has 2 aliphatic heterocycles. The third-order valence-corrected chi connectivity index (χ3v) is 7.45. The number of aliphatic hydroxyl groups is 8. The number of nitrogens with zero attached hydrogens (tertiary/aromatic N) is 1. The Morgan fingerprint density at radius 1 is 0.674 bits per heavy atom. The summed E-state index contributed by atoms with van der Waals surface area (Å²) in [6, 6.07) is 0. The molecule has 3 heterocycles. The van der Waals surface area contributed by atoms with E-state index < -0.39 is 111 Å². The SMILES string of the molecule is Cc1nc(C(F)(F)F)c(COCCCO[C@@H]2O[C@H](CO)[C@@H](O)[C@H](O)[C@H]2O)c(COCCCO[C@@H]2O[C@H](CO)[C@@H](O)[C@H](O)[C@H]2O)c1O. The van der Waals surface area contributed by atoms with Crippen molar-refractivity contribution in [3.05, 3.63) is 22.5 Å². The number of aromatic hydroxyl groups is 1. The number of aliphatic hydroxyl groups excluding tert-OH is 8. The van der Waals surface area contributed by atoms with Crippen molar-refractivity contribution < 1.29 is 87.6 Å². The Morgan fingerprint density at radius 3 is 1.52 bits per heavy atom. The molecule has 0 radical (unpaired) electrons. The third-order valence-electron chi connectivity index (χ3n) is 7.45. The van der Waals surface area contributed by atoms with Crippen LogP contribution in [-0.2, 0) is 47.8 Å². The second kappa shape index (κ2) is 17.5. The number of ether oxygens (including phenoxy) is 6. The fourth-order valence-electron chi connectivity index (χ4n) is 4.82. The molecule has 0 aliphatic carbocycles. The van der Waals surface area contributed by atoms with E-state index in [4.69, 9.17) is 28.4 Å². The van der Waals surface area contributed by atoms with E-state index in [2.05, 4.69) is 4.98 Å². The van der Waals surface area contributed by atoms with Crippen LogP contribution in [-0.4, -0.2) is 152 Å². The van der Waals surface area contributed by atoms with E-state index in [9.17, 15) is 59.1 Å². The molecule has 0 unspecified atom stereocenters. The van der Waals surface area contributed by atoms with Gasteiger partial charge in [0.15, 0.2) is 18.3 Å². The molecule has 1 aromatic rings. The summed E-state index contributed by atoms with van der Waals surface area (Å²) in [5, 5.41) is 88.4. The van der Waals surface area contributed by atoms with Gasteiger partial charge < -0.3 is 74.4 Å². The van der Waals surface area contributed by atoms with Crippen LogP contribution in [0.2, 0.25) is 0 Å².